The smallest absolute Gasteiger partial charge is 0.132 e. The topological polar surface area (TPSA) is 17.1 Å². The van der Waals surface area contributed by atoms with Gasteiger partial charge in [-0.1, -0.05) is 13.8 Å². The van der Waals surface area contributed by atoms with E-state index in [1.54, 1.807) is 0 Å². The fourth-order valence-corrected chi connectivity index (χ4v) is 0.946. The van der Waals surface area contributed by atoms with Crippen molar-refractivity contribution < 1.29 is 25.2 Å². The van der Waals surface area contributed by atoms with Crippen LogP contribution in [-0.2, 0) is 25.2 Å². The van der Waals surface area contributed by atoms with Crippen molar-refractivity contribution in [3.05, 3.63) is 0 Å². The van der Waals surface area contributed by atoms with Gasteiger partial charge in [0.05, 0.1) is 0 Å². The summed E-state index contributed by atoms with van der Waals surface area (Å²) in [4.78, 5) is 10.5. The van der Waals surface area contributed by atoms with Gasteiger partial charge in [0.2, 0.25) is 0 Å². The van der Waals surface area contributed by atoms with Gasteiger partial charge in [0.1, 0.15) is 5.78 Å². The fraction of sp³-hybridized carbons (Fsp3) is 0.857. The number of hydrogen-bond acceptors (Lipinski definition) is 1. The van der Waals surface area contributed by atoms with Crippen molar-refractivity contribution in [2.75, 3.05) is 0 Å². The first-order valence-corrected chi connectivity index (χ1v) is 2.91. The molecule has 0 heterocycles. The van der Waals surface area contributed by atoms with Crippen LogP contribution >= 0.6 is 0 Å². The zero-order chi connectivity index (χ0) is 5.11. The minimum Gasteiger partial charge on any atom is -0.300 e. The van der Waals surface area contributed by atoms with Crippen LogP contribution in [0.3, 0.4) is 0 Å². The van der Waals surface area contributed by atoms with Gasteiger partial charge in [-0.25, -0.2) is 0 Å². The van der Waals surface area contributed by atoms with E-state index in [-0.39, 0.29) is 27.8 Å². The second-order valence-corrected chi connectivity index (χ2v) is 2.10. The Hall–Kier alpha value is 0.332. The first-order chi connectivity index (χ1) is 3.39. The standard InChI is InChI=1S/C6H10O.CH4.Pd/c7-6-4-2-1-3-5-6;;/h1-5H2;1H4;. The van der Waals surface area contributed by atoms with E-state index in [4.69, 9.17) is 0 Å². The summed E-state index contributed by atoms with van der Waals surface area (Å²) < 4.78 is 0. The van der Waals surface area contributed by atoms with Crippen LogP contribution in [0, 0.1) is 0 Å². The van der Waals surface area contributed by atoms with Crippen LogP contribution in [0.4, 0.5) is 0 Å². The Morgan fingerprint density at radius 1 is 1.00 bits per heavy atom. The molecule has 0 aromatic heterocycles. The monoisotopic (exact) mass is 220 g/mol. The van der Waals surface area contributed by atoms with E-state index < -0.39 is 0 Å². The van der Waals surface area contributed by atoms with Gasteiger partial charge in [0.25, 0.3) is 0 Å². The number of Topliss-reactive ketones (excluding diaryl/α,β-unsaturated/α-hetero) is 1. The van der Waals surface area contributed by atoms with Gasteiger partial charge in [-0.15, -0.1) is 0 Å². The maximum Gasteiger partial charge on any atom is 0.132 e. The van der Waals surface area contributed by atoms with Crippen LogP contribution in [0.1, 0.15) is 39.5 Å². The zero-order valence-corrected chi connectivity index (χ0v) is 6.31. The molecule has 2 heteroatoms. The summed E-state index contributed by atoms with van der Waals surface area (Å²) in [5.41, 5.74) is 0. The Balaban J connectivity index is 0. The summed E-state index contributed by atoms with van der Waals surface area (Å²) in [5.74, 6) is 0.464. The minimum absolute atomic E-state index is 0. The Bertz CT molecular complexity index is 73.0. The first-order valence-electron chi connectivity index (χ1n) is 2.91. The molecule has 1 saturated carbocycles. The third kappa shape index (κ3) is 4.81. The van der Waals surface area contributed by atoms with Crippen LogP contribution in [0.2, 0.25) is 0 Å². The molecule has 1 fully saturated rings. The summed E-state index contributed by atoms with van der Waals surface area (Å²) >= 11 is 0. The van der Waals surface area contributed by atoms with E-state index in [0.717, 1.165) is 25.7 Å². The van der Waals surface area contributed by atoms with Crippen molar-refractivity contribution in [3.8, 4) is 0 Å². The maximum absolute atomic E-state index is 10.5. The average molecular weight is 221 g/mol. The molecule has 1 nitrogen and oxygen atoms in total. The summed E-state index contributed by atoms with van der Waals surface area (Å²) in [5, 5.41) is 0. The molecule has 0 N–H and O–H groups in total. The van der Waals surface area contributed by atoms with Gasteiger partial charge in [-0.2, -0.15) is 0 Å². The molecule has 9 heavy (non-hydrogen) atoms. The van der Waals surface area contributed by atoms with Crippen molar-refractivity contribution >= 4 is 5.78 Å². The normalized spacial score (nSPS) is 17.6. The van der Waals surface area contributed by atoms with Crippen molar-refractivity contribution in [2.45, 2.75) is 39.5 Å². The van der Waals surface area contributed by atoms with Crippen LogP contribution in [0.15, 0.2) is 0 Å². The number of carbonyl (C=O) groups excluding carboxylic acids is 1. The summed E-state index contributed by atoms with van der Waals surface area (Å²) in [6.07, 6.45) is 5.24. The molecule has 0 amide bonds. The molecular weight excluding hydrogens is 206 g/mol. The maximum atomic E-state index is 10.5. The second-order valence-electron chi connectivity index (χ2n) is 2.10. The SMILES string of the molecule is C.O=C1CCCCC1.[Pd]. The molecule has 0 radical (unpaired) electrons. The van der Waals surface area contributed by atoms with Gasteiger partial charge in [0, 0.05) is 33.3 Å². The molecule has 0 unspecified atom stereocenters. The number of carbonyl (C=O) groups is 1. The Morgan fingerprint density at radius 3 is 1.67 bits per heavy atom. The quantitative estimate of drug-likeness (QED) is 0.572. The molecule has 1 aliphatic carbocycles. The number of ketones is 1. The Morgan fingerprint density at radius 2 is 1.44 bits per heavy atom. The number of rotatable bonds is 0. The molecule has 0 saturated heterocycles. The van der Waals surface area contributed by atoms with Crippen LogP contribution in [-0.4, -0.2) is 5.78 Å². The van der Waals surface area contributed by atoms with Gasteiger partial charge >= 0.3 is 0 Å². The van der Waals surface area contributed by atoms with E-state index >= 15 is 0 Å². The van der Waals surface area contributed by atoms with E-state index in [0.29, 0.717) is 5.78 Å². The molecule has 1 rings (SSSR count). The molecule has 0 aliphatic heterocycles. The zero-order valence-electron chi connectivity index (χ0n) is 4.76. The largest absolute Gasteiger partial charge is 0.300 e. The Kier molecular flexibility index (Phi) is 8.64. The third-order valence-corrected chi connectivity index (χ3v) is 1.41. The predicted molar refractivity (Wildman–Crippen MR) is 34.8 cm³/mol. The van der Waals surface area contributed by atoms with E-state index in [9.17, 15) is 4.79 Å². The van der Waals surface area contributed by atoms with Crippen molar-refractivity contribution in [1.29, 1.82) is 0 Å². The molecule has 1 aliphatic rings. The van der Waals surface area contributed by atoms with Crippen LogP contribution < -0.4 is 0 Å². The van der Waals surface area contributed by atoms with Crippen LogP contribution in [0.5, 0.6) is 0 Å². The summed E-state index contributed by atoms with van der Waals surface area (Å²) in [6, 6.07) is 0. The third-order valence-electron chi connectivity index (χ3n) is 1.41. The van der Waals surface area contributed by atoms with E-state index in [1.807, 2.05) is 0 Å². The minimum atomic E-state index is 0. The molecule has 0 atom stereocenters. The van der Waals surface area contributed by atoms with Gasteiger partial charge < -0.3 is 0 Å². The Labute approximate surface area is 70.9 Å². The van der Waals surface area contributed by atoms with E-state index in [1.165, 1.54) is 6.42 Å². The second kappa shape index (κ2) is 6.45. The molecule has 0 spiro atoms. The molecule has 0 aromatic carbocycles. The molecule has 0 bridgehead atoms. The van der Waals surface area contributed by atoms with Crippen molar-refractivity contribution in [3.63, 3.8) is 0 Å². The van der Waals surface area contributed by atoms with Gasteiger partial charge in [-0.05, 0) is 12.8 Å². The predicted octanol–water partition coefficient (Wildman–Crippen LogP) is 2.15. The van der Waals surface area contributed by atoms with Crippen LogP contribution in [0.25, 0.3) is 0 Å². The number of hydrogen-bond donors (Lipinski definition) is 0. The molecule has 0 aromatic rings. The van der Waals surface area contributed by atoms with Crippen molar-refractivity contribution in [2.24, 2.45) is 0 Å². The average Bonchev–Trinajstić information content (AvgIpc) is 1.69. The van der Waals surface area contributed by atoms with Crippen molar-refractivity contribution in [1.82, 2.24) is 0 Å². The van der Waals surface area contributed by atoms with Gasteiger partial charge in [0.15, 0.2) is 0 Å². The summed E-state index contributed by atoms with van der Waals surface area (Å²) in [6.45, 7) is 0. The molecular formula is C7H14OPd. The first kappa shape index (κ1) is 12.1. The summed E-state index contributed by atoms with van der Waals surface area (Å²) in [7, 11) is 0. The molecule has 58 valence electrons. The fourth-order valence-electron chi connectivity index (χ4n) is 0.946. The van der Waals surface area contributed by atoms with E-state index in [2.05, 4.69) is 0 Å². The van der Waals surface area contributed by atoms with Gasteiger partial charge in [-0.3, -0.25) is 4.79 Å².